The lowest BCUT2D eigenvalue weighted by Gasteiger charge is -2.28. The zero-order valence-electron chi connectivity index (χ0n) is 9.44. The molecule has 0 aromatic heterocycles. The fourth-order valence-corrected chi connectivity index (χ4v) is 2.16. The Hall–Kier alpha value is -0.830. The lowest BCUT2D eigenvalue weighted by atomic mass is 10.0. The van der Waals surface area contributed by atoms with Crippen LogP contribution in [0.4, 0.5) is 0 Å². The van der Waals surface area contributed by atoms with Crippen LogP contribution in [0.25, 0.3) is 0 Å². The fourth-order valence-electron chi connectivity index (χ4n) is 1.51. The van der Waals surface area contributed by atoms with Crippen LogP contribution in [0.1, 0.15) is 12.8 Å². The summed E-state index contributed by atoms with van der Waals surface area (Å²) < 4.78 is 63.6. The van der Waals surface area contributed by atoms with Crippen LogP contribution in [0.5, 0.6) is 0 Å². The molecule has 5 N–H and O–H groups in total. The van der Waals surface area contributed by atoms with Crippen LogP contribution in [0.15, 0.2) is 0 Å². The Kier molecular flexibility index (Phi) is 5.19. The van der Waals surface area contributed by atoms with E-state index in [2.05, 4.69) is 15.1 Å². The maximum atomic E-state index is 11.3. The summed E-state index contributed by atoms with van der Waals surface area (Å²) in [4.78, 5) is 11.3. The highest BCUT2D eigenvalue weighted by Crippen LogP contribution is 2.09. The molecule has 0 aromatic rings. The van der Waals surface area contributed by atoms with E-state index in [1.165, 1.54) is 4.72 Å². The molecule has 0 unspecified atom stereocenters. The second-order valence-corrected chi connectivity index (χ2v) is 5.98. The van der Waals surface area contributed by atoms with Crippen molar-refractivity contribution >= 4 is 26.6 Å². The molecule has 2 atom stereocenters. The molecule has 0 radical (unpaired) electrons. The second kappa shape index (κ2) is 6.08. The van der Waals surface area contributed by atoms with Gasteiger partial charge in [0, 0.05) is 12.6 Å². The number of rotatable bonds is 5. The molecule has 0 spiro atoms. The van der Waals surface area contributed by atoms with Gasteiger partial charge >= 0.3 is 20.7 Å². The Bertz CT molecular complexity index is 521. The van der Waals surface area contributed by atoms with Gasteiger partial charge < -0.3 is 5.32 Å². The first-order valence-corrected chi connectivity index (χ1v) is 7.81. The average molecular weight is 319 g/mol. The van der Waals surface area contributed by atoms with E-state index in [-0.39, 0.29) is 19.4 Å². The molecule has 1 saturated heterocycles. The standard InChI is InChI=1S/C6H13N3O8S2/c10-6(9-18(11,12)13)5-2-1-4(3-7-5)8-17-19(14,15)16/h4-5,7-8H,1-3H2,(H,9,10)(H,11,12,13)(H,14,15,16)/t4-,5+/m1/s1. The van der Waals surface area contributed by atoms with E-state index in [1.807, 2.05) is 0 Å². The molecular weight excluding hydrogens is 306 g/mol. The average Bonchev–Trinajstić information content (AvgIpc) is 2.23. The van der Waals surface area contributed by atoms with Gasteiger partial charge in [-0.3, -0.25) is 13.9 Å². The van der Waals surface area contributed by atoms with Crippen molar-refractivity contribution < 1.29 is 35.0 Å². The van der Waals surface area contributed by atoms with E-state index in [0.29, 0.717) is 0 Å². The molecule has 1 amide bonds. The molecule has 0 aliphatic carbocycles. The van der Waals surface area contributed by atoms with Gasteiger partial charge in [-0.25, -0.2) is 4.72 Å². The van der Waals surface area contributed by atoms with Crippen molar-refractivity contribution in [1.29, 1.82) is 0 Å². The third-order valence-electron chi connectivity index (χ3n) is 2.28. The van der Waals surface area contributed by atoms with Gasteiger partial charge in [-0.05, 0) is 12.8 Å². The predicted molar refractivity (Wildman–Crippen MR) is 60.3 cm³/mol. The van der Waals surface area contributed by atoms with Gasteiger partial charge in [-0.15, -0.1) is 0 Å². The summed E-state index contributed by atoms with van der Waals surface area (Å²) in [6, 6.07) is -1.33. The minimum atomic E-state index is -4.61. The van der Waals surface area contributed by atoms with Gasteiger partial charge in [0.15, 0.2) is 0 Å². The minimum absolute atomic E-state index is 0.0963. The first-order chi connectivity index (χ1) is 8.57. The number of amides is 1. The Morgan fingerprint density at radius 3 is 2.26 bits per heavy atom. The van der Waals surface area contributed by atoms with Crippen LogP contribution in [-0.4, -0.2) is 50.5 Å². The summed E-state index contributed by atoms with van der Waals surface area (Å²) >= 11 is 0. The second-order valence-electron chi connectivity index (χ2n) is 3.81. The number of hydroxylamine groups is 1. The lowest BCUT2D eigenvalue weighted by molar-refractivity contribution is -0.122. The molecule has 11 nitrogen and oxygen atoms in total. The zero-order valence-corrected chi connectivity index (χ0v) is 11.1. The lowest BCUT2D eigenvalue weighted by Crippen LogP contribution is -2.54. The highest BCUT2D eigenvalue weighted by Gasteiger charge is 2.28. The number of carbonyl (C=O) groups is 1. The monoisotopic (exact) mass is 319 g/mol. The Labute approximate surface area is 109 Å². The summed E-state index contributed by atoms with van der Waals surface area (Å²) in [5.74, 6) is -0.920. The first kappa shape index (κ1) is 16.2. The highest BCUT2D eigenvalue weighted by atomic mass is 32.3. The van der Waals surface area contributed by atoms with Gasteiger partial charge in [-0.2, -0.15) is 26.6 Å². The van der Waals surface area contributed by atoms with Crippen LogP contribution < -0.4 is 15.5 Å². The summed E-state index contributed by atoms with van der Waals surface area (Å²) in [5.41, 5.74) is 2.07. The summed E-state index contributed by atoms with van der Waals surface area (Å²) in [6.07, 6.45) is 0.458. The third kappa shape index (κ3) is 6.76. The molecule has 0 bridgehead atoms. The van der Waals surface area contributed by atoms with Crippen LogP contribution in [-0.2, 0) is 29.8 Å². The molecule has 1 rings (SSSR count). The fraction of sp³-hybridized carbons (Fsp3) is 0.833. The van der Waals surface area contributed by atoms with E-state index < -0.39 is 38.7 Å². The predicted octanol–water partition coefficient (Wildman–Crippen LogP) is -2.65. The van der Waals surface area contributed by atoms with Crippen LogP contribution >= 0.6 is 0 Å². The Morgan fingerprint density at radius 2 is 1.84 bits per heavy atom. The van der Waals surface area contributed by atoms with E-state index in [1.54, 1.807) is 0 Å². The van der Waals surface area contributed by atoms with Crippen LogP contribution in [0.3, 0.4) is 0 Å². The van der Waals surface area contributed by atoms with Crippen molar-refractivity contribution in [2.24, 2.45) is 0 Å². The van der Waals surface area contributed by atoms with E-state index in [4.69, 9.17) is 9.11 Å². The van der Waals surface area contributed by atoms with E-state index >= 15 is 0 Å². The quantitative estimate of drug-likeness (QED) is 0.266. The van der Waals surface area contributed by atoms with E-state index in [0.717, 1.165) is 0 Å². The topological polar surface area (TPSA) is 171 Å². The molecule has 13 heteroatoms. The maximum absolute atomic E-state index is 11.3. The SMILES string of the molecule is O=C(NS(=O)(=O)O)[C@@H]1CC[C@@H](NOS(=O)(=O)O)CN1. The number of carbonyl (C=O) groups excluding carboxylic acids is 1. The van der Waals surface area contributed by atoms with Gasteiger partial charge in [0.05, 0.1) is 6.04 Å². The Morgan fingerprint density at radius 1 is 1.21 bits per heavy atom. The van der Waals surface area contributed by atoms with Crippen LogP contribution in [0.2, 0.25) is 0 Å². The van der Waals surface area contributed by atoms with E-state index in [9.17, 15) is 21.6 Å². The molecular formula is C6H13N3O8S2. The molecule has 1 heterocycles. The summed E-state index contributed by atoms with van der Waals surface area (Å²) in [7, 11) is -9.22. The van der Waals surface area contributed by atoms with Crippen molar-refractivity contribution in [2.45, 2.75) is 24.9 Å². The molecule has 1 fully saturated rings. The summed E-state index contributed by atoms with van der Waals surface area (Å²) in [6.45, 7) is 0.0963. The molecule has 1 aliphatic heterocycles. The summed E-state index contributed by atoms with van der Waals surface area (Å²) in [5, 5.41) is 2.62. The number of hydrogen-bond acceptors (Lipinski definition) is 8. The van der Waals surface area contributed by atoms with Gasteiger partial charge in [0.1, 0.15) is 0 Å². The smallest absolute Gasteiger partial charge is 0.304 e. The molecule has 19 heavy (non-hydrogen) atoms. The third-order valence-corrected chi connectivity index (χ3v) is 3.05. The largest absolute Gasteiger partial charge is 0.413 e. The van der Waals surface area contributed by atoms with Crippen LogP contribution in [0, 0.1) is 0 Å². The van der Waals surface area contributed by atoms with Gasteiger partial charge in [0.25, 0.3) is 5.91 Å². The number of nitrogens with one attached hydrogen (secondary N) is 3. The zero-order chi connectivity index (χ0) is 14.7. The number of piperidine rings is 1. The van der Waals surface area contributed by atoms with Crippen molar-refractivity contribution in [2.75, 3.05) is 6.54 Å². The van der Waals surface area contributed by atoms with Crippen molar-refractivity contribution in [1.82, 2.24) is 15.5 Å². The van der Waals surface area contributed by atoms with Crippen molar-refractivity contribution in [3.63, 3.8) is 0 Å². The first-order valence-electron chi connectivity index (χ1n) is 5.01. The molecule has 112 valence electrons. The van der Waals surface area contributed by atoms with Crippen molar-refractivity contribution in [3.05, 3.63) is 0 Å². The normalized spacial score (nSPS) is 24.9. The number of hydrogen-bond donors (Lipinski definition) is 5. The van der Waals surface area contributed by atoms with Gasteiger partial charge in [0.2, 0.25) is 0 Å². The molecule has 0 aromatic carbocycles. The Balaban J connectivity index is 2.39. The van der Waals surface area contributed by atoms with Crippen molar-refractivity contribution in [3.8, 4) is 0 Å². The highest BCUT2D eigenvalue weighted by molar-refractivity contribution is 7.84. The maximum Gasteiger partial charge on any atom is 0.413 e. The molecule has 0 saturated carbocycles. The minimum Gasteiger partial charge on any atom is -0.304 e. The van der Waals surface area contributed by atoms with Gasteiger partial charge in [-0.1, -0.05) is 0 Å². The molecule has 1 aliphatic rings.